The fourth-order valence-corrected chi connectivity index (χ4v) is 2.22. The second-order valence-electron chi connectivity index (χ2n) is 4.68. The number of benzene rings is 1. The predicted molar refractivity (Wildman–Crippen MR) is 67.5 cm³/mol. The highest BCUT2D eigenvalue weighted by atomic mass is 19.4. The van der Waals surface area contributed by atoms with Crippen LogP contribution in [0.3, 0.4) is 0 Å². The van der Waals surface area contributed by atoms with Gasteiger partial charge in [-0.25, -0.2) is 4.57 Å². The standard InChI is InChI=1S/C15H15F3N/c1-10-8-12(14-6-4-5-7-19(14)3)11(2)13(9-10)15(16,17)18/h4-9H,1-3H3/q+1. The van der Waals surface area contributed by atoms with E-state index in [4.69, 9.17) is 0 Å². The molecule has 0 aliphatic carbocycles. The highest BCUT2D eigenvalue weighted by molar-refractivity contribution is 5.64. The lowest BCUT2D eigenvalue weighted by atomic mass is 9.96. The van der Waals surface area contributed by atoms with Gasteiger partial charge in [-0.05, 0) is 43.2 Å². The van der Waals surface area contributed by atoms with Gasteiger partial charge in [-0.15, -0.1) is 0 Å². The normalized spacial score (nSPS) is 11.7. The molecule has 2 aromatic rings. The van der Waals surface area contributed by atoms with Crippen LogP contribution in [0.1, 0.15) is 16.7 Å². The average molecular weight is 266 g/mol. The van der Waals surface area contributed by atoms with Crippen molar-refractivity contribution in [1.29, 1.82) is 0 Å². The maximum Gasteiger partial charge on any atom is 0.416 e. The molecule has 0 aliphatic heterocycles. The van der Waals surface area contributed by atoms with Crippen molar-refractivity contribution in [2.45, 2.75) is 20.0 Å². The zero-order valence-electron chi connectivity index (χ0n) is 11.0. The van der Waals surface area contributed by atoms with Crippen LogP contribution in [0.15, 0.2) is 36.5 Å². The maximum absolute atomic E-state index is 13.0. The molecule has 19 heavy (non-hydrogen) atoms. The van der Waals surface area contributed by atoms with Crippen LogP contribution in [0.4, 0.5) is 13.2 Å². The first-order valence-electron chi connectivity index (χ1n) is 5.94. The number of pyridine rings is 1. The van der Waals surface area contributed by atoms with Crippen molar-refractivity contribution in [3.8, 4) is 11.3 Å². The van der Waals surface area contributed by atoms with Crippen LogP contribution in [-0.4, -0.2) is 0 Å². The third-order valence-electron chi connectivity index (χ3n) is 3.19. The van der Waals surface area contributed by atoms with E-state index in [-0.39, 0.29) is 5.56 Å². The highest BCUT2D eigenvalue weighted by Gasteiger charge is 2.34. The molecule has 0 amide bonds. The van der Waals surface area contributed by atoms with Crippen molar-refractivity contribution >= 4 is 0 Å². The van der Waals surface area contributed by atoms with E-state index in [1.165, 1.54) is 13.0 Å². The van der Waals surface area contributed by atoms with Gasteiger partial charge < -0.3 is 0 Å². The lowest BCUT2D eigenvalue weighted by Gasteiger charge is -2.14. The van der Waals surface area contributed by atoms with Crippen LogP contribution in [0.25, 0.3) is 11.3 Å². The van der Waals surface area contributed by atoms with Gasteiger partial charge >= 0.3 is 6.18 Å². The first-order chi connectivity index (χ1) is 8.80. The van der Waals surface area contributed by atoms with E-state index in [1.807, 2.05) is 36.0 Å². The molecule has 0 radical (unpaired) electrons. The maximum atomic E-state index is 13.0. The topological polar surface area (TPSA) is 3.88 Å². The fraction of sp³-hybridized carbons (Fsp3) is 0.267. The molecular weight excluding hydrogens is 251 g/mol. The minimum Gasteiger partial charge on any atom is -0.201 e. The van der Waals surface area contributed by atoms with Gasteiger partial charge in [-0.3, -0.25) is 0 Å². The lowest BCUT2D eigenvalue weighted by Crippen LogP contribution is -2.30. The number of aryl methyl sites for hydroxylation is 2. The van der Waals surface area contributed by atoms with Gasteiger partial charge in [0.15, 0.2) is 6.20 Å². The molecule has 4 heteroatoms. The molecular formula is C15H15F3N+. The first-order valence-corrected chi connectivity index (χ1v) is 5.94. The van der Waals surface area contributed by atoms with E-state index in [1.54, 1.807) is 13.0 Å². The van der Waals surface area contributed by atoms with Gasteiger partial charge in [0.25, 0.3) is 0 Å². The fourth-order valence-electron chi connectivity index (χ4n) is 2.22. The van der Waals surface area contributed by atoms with Gasteiger partial charge in [0.2, 0.25) is 5.69 Å². The van der Waals surface area contributed by atoms with E-state index < -0.39 is 11.7 Å². The van der Waals surface area contributed by atoms with Crippen LogP contribution in [0.2, 0.25) is 0 Å². The van der Waals surface area contributed by atoms with E-state index >= 15 is 0 Å². The summed E-state index contributed by atoms with van der Waals surface area (Å²) < 4.78 is 40.9. The van der Waals surface area contributed by atoms with Crippen LogP contribution < -0.4 is 4.57 Å². The Morgan fingerprint density at radius 2 is 1.74 bits per heavy atom. The highest BCUT2D eigenvalue weighted by Crippen LogP contribution is 2.36. The summed E-state index contributed by atoms with van der Waals surface area (Å²) in [5.74, 6) is 0. The zero-order chi connectivity index (χ0) is 14.2. The number of hydrogen-bond acceptors (Lipinski definition) is 0. The van der Waals surface area contributed by atoms with Crippen molar-refractivity contribution in [3.05, 3.63) is 53.2 Å². The minimum absolute atomic E-state index is 0.264. The summed E-state index contributed by atoms with van der Waals surface area (Å²) in [5.41, 5.74) is 1.70. The molecule has 0 bridgehead atoms. The second-order valence-corrected chi connectivity index (χ2v) is 4.68. The second kappa shape index (κ2) is 4.68. The summed E-state index contributed by atoms with van der Waals surface area (Å²) >= 11 is 0. The molecule has 0 saturated carbocycles. The van der Waals surface area contributed by atoms with Gasteiger partial charge in [0.1, 0.15) is 7.05 Å². The third kappa shape index (κ3) is 2.62. The lowest BCUT2D eigenvalue weighted by molar-refractivity contribution is -0.660. The van der Waals surface area contributed by atoms with E-state index in [9.17, 15) is 13.2 Å². The van der Waals surface area contributed by atoms with Gasteiger partial charge in [0, 0.05) is 17.7 Å². The molecule has 0 aliphatic rings. The Balaban J connectivity index is 2.72. The molecule has 1 aromatic heterocycles. The van der Waals surface area contributed by atoms with Gasteiger partial charge in [-0.1, -0.05) is 0 Å². The molecule has 1 heterocycles. The zero-order valence-corrected chi connectivity index (χ0v) is 11.0. The largest absolute Gasteiger partial charge is 0.416 e. The van der Waals surface area contributed by atoms with Crippen LogP contribution in [0.5, 0.6) is 0 Å². The number of alkyl halides is 3. The summed E-state index contributed by atoms with van der Waals surface area (Å²) in [6.07, 6.45) is -2.50. The summed E-state index contributed by atoms with van der Waals surface area (Å²) in [5, 5.41) is 0. The number of aromatic nitrogens is 1. The number of hydrogen-bond donors (Lipinski definition) is 0. The Morgan fingerprint density at radius 1 is 1.05 bits per heavy atom. The average Bonchev–Trinajstić information content (AvgIpc) is 2.31. The summed E-state index contributed by atoms with van der Waals surface area (Å²) in [6, 6.07) is 8.48. The Kier molecular flexibility index (Phi) is 3.35. The molecule has 0 fully saturated rings. The number of halogens is 3. The third-order valence-corrected chi connectivity index (χ3v) is 3.19. The first kappa shape index (κ1) is 13.6. The van der Waals surface area contributed by atoms with Gasteiger partial charge in [0.05, 0.1) is 5.56 Å². The molecule has 0 unspecified atom stereocenters. The molecule has 100 valence electrons. The predicted octanol–water partition coefficient (Wildman–Crippen LogP) is 3.81. The molecule has 0 N–H and O–H groups in total. The molecule has 1 aromatic carbocycles. The summed E-state index contributed by atoms with van der Waals surface area (Å²) in [4.78, 5) is 0. The molecule has 2 rings (SSSR count). The number of nitrogens with zero attached hydrogens (tertiary/aromatic N) is 1. The molecule has 0 spiro atoms. The Bertz CT molecular complexity index is 615. The quantitative estimate of drug-likeness (QED) is 0.691. The summed E-state index contributed by atoms with van der Waals surface area (Å²) in [6.45, 7) is 3.20. The summed E-state index contributed by atoms with van der Waals surface area (Å²) in [7, 11) is 1.82. The van der Waals surface area contributed by atoms with E-state index in [0.717, 1.165) is 5.69 Å². The van der Waals surface area contributed by atoms with Crippen molar-refractivity contribution < 1.29 is 17.7 Å². The number of rotatable bonds is 1. The van der Waals surface area contributed by atoms with E-state index in [2.05, 4.69) is 0 Å². The SMILES string of the molecule is Cc1cc(-c2cccc[n+]2C)c(C)c(C(F)(F)F)c1. The van der Waals surface area contributed by atoms with Crippen molar-refractivity contribution in [3.63, 3.8) is 0 Å². The van der Waals surface area contributed by atoms with Crippen LogP contribution in [-0.2, 0) is 13.2 Å². The Hall–Kier alpha value is -1.84. The van der Waals surface area contributed by atoms with Crippen molar-refractivity contribution in [2.24, 2.45) is 7.05 Å². The van der Waals surface area contributed by atoms with Gasteiger partial charge in [-0.2, -0.15) is 13.2 Å². The van der Waals surface area contributed by atoms with Crippen LogP contribution in [0, 0.1) is 13.8 Å². The smallest absolute Gasteiger partial charge is 0.201 e. The molecule has 0 atom stereocenters. The van der Waals surface area contributed by atoms with Crippen molar-refractivity contribution in [2.75, 3.05) is 0 Å². The molecule has 0 saturated heterocycles. The van der Waals surface area contributed by atoms with E-state index in [0.29, 0.717) is 11.1 Å². The Labute approximate surface area is 110 Å². The molecule has 1 nitrogen and oxygen atoms in total. The monoisotopic (exact) mass is 266 g/mol. The van der Waals surface area contributed by atoms with Crippen LogP contribution >= 0.6 is 0 Å². The van der Waals surface area contributed by atoms with Crippen molar-refractivity contribution in [1.82, 2.24) is 0 Å². The Morgan fingerprint density at radius 3 is 2.32 bits per heavy atom. The minimum atomic E-state index is -4.32.